The summed E-state index contributed by atoms with van der Waals surface area (Å²) in [5, 5.41) is 0. The third kappa shape index (κ3) is 4.16. The number of hydrogen-bond donors (Lipinski definition) is 1. The highest BCUT2D eigenvalue weighted by atomic mass is 32.1. The molecule has 0 aromatic heterocycles. The van der Waals surface area contributed by atoms with Gasteiger partial charge in [-0.2, -0.15) is 12.6 Å². The highest BCUT2D eigenvalue weighted by molar-refractivity contribution is 7.80. The Kier molecular flexibility index (Phi) is 4.67. The predicted octanol–water partition coefficient (Wildman–Crippen LogP) is 1.22. The Bertz CT molecular complexity index is 39.1. The highest BCUT2D eigenvalue weighted by Crippen LogP contribution is 1.85. The van der Waals surface area contributed by atoms with Crippen molar-refractivity contribution in [1.82, 2.24) is 4.90 Å². The van der Waals surface area contributed by atoms with Crippen molar-refractivity contribution in [1.29, 1.82) is 0 Å². The standard InChI is InChI=1S/C5H13NS/c1-3-4-6(2)5-7/h7H,3-5H2,1-2H3. The molecular formula is C5H13NS. The number of thiol groups is 1. The van der Waals surface area contributed by atoms with Crippen LogP contribution in [-0.4, -0.2) is 24.4 Å². The summed E-state index contributed by atoms with van der Waals surface area (Å²) in [7, 11) is 2.07. The minimum atomic E-state index is 0.869. The minimum absolute atomic E-state index is 0.869. The van der Waals surface area contributed by atoms with Gasteiger partial charge in [0.25, 0.3) is 0 Å². The Balaban J connectivity index is 2.83. The summed E-state index contributed by atoms with van der Waals surface area (Å²) in [4.78, 5) is 2.17. The van der Waals surface area contributed by atoms with Crippen LogP contribution in [0.3, 0.4) is 0 Å². The largest absolute Gasteiger partial charge is 0.297 e. The maximum Gasteiger partial charge on any atom is 0.0411 e. The van der Waals surface area contributed by atoms with Crippen LogP contribution in [0.25, 0.3) is 0 Å². The van der Waals surface area contributed by atoms with E-state index in [1.165, 1.54) is 6.42 Å². The molecule has 0 heterocycles. The topological polar surface area (TPSA) is 3.24 Å². The molecule has 0 aromatic carbocycles. The van der Waals surface area contributed by atoms with E-state index in [0.717, 1.165) is 12.4 Å². The van der Waals surface area contributed by atoms with Gasteiger partial charge in [0, 0.05) is 5.88 Å². The molecule has 0 unspecified atom stereocenters. The molecule has 0 spiro atoms. The Morgan fingerprint density at radius 3 is 2.29 bits per heavy atom. The van der Waals surface area contributed by atoms with Crippen molar-refractivity contribution in [2.24, 2.45) is 0 Å². The highest BCUT2D eigenvalue weighted by Gasteiger charge is 1.87. The number of hydrogen-bond acceptors (Lipinski definition) is 2. The normalized spacial score (nSPS) is 10.3. The van der Waals surface area contributed by atoms with E-state index in [1.54, 1.807) is 0 Å². The summed E-state index contributed by atoms with van der Waals surface area (Å²) in [6.45, 7) is 3.32. The van der Waals surface area contributed by atoms with E-state index >= 15 is 0 Å². The molecule has 0 saturated heterocycles. The third-order valence-electron chi connectivity index (χ3n) is 0.847. The molecule has 0 aliphatic rings. The van der Waals surface area contributed by atoms with Crippen LogP contribution < -0.4 is 0 Å². The molecule has 0 rings (SSSR count). The Morgan fingerprint density at radius 1 is 1.57 bits per heavy atom. The van der Waals surface area contributed by atoms with E-state index < -0.39 is 0 Å². The van der Waals surface area contributed by atoms with E-state index in [2.05, 4.69) is 31.5 Å². The SMILES string of the molecule is CCCN(C)CS. The second-order valence-corrected chi connectivity index (χ2v) is 2.00. The van der Waals surface area contributed by atoms with Crippen molar-refractivity contribution < 1.29 is 0 Å². The van der Waals surface area contributed by atoms with Crippen molar-refractivity contribution in [3.63, 3.8) is 0 Å². The van der Waals surface area contributed by atoms with Gasteiger partial charge >= 0.3 is 0 Å². The molecule has 0 saturated carbocycles. The number of nitrogens with zero attached hydrogens (tertiary/aromatic N) is 1. The zero-order chi connectivity index (χ0) is 5.70. The van der Waals surface area contributed by atoms with Crippen molar-refractivity contribution in [2.75, 3.05) is 19.5 Å². The Hall–Kier alpha value is 0.310. The lowest BCUT2D eigenvalue weighted by Crippen LogP contribution is -2.16. The molecule has 1 nitrogen and oxygen atoms in total. The fourth-order valence-electron chi connectivity index (χ4n) is 0.452. The van der Waals surface area contributed by atoms with Gasteiger partial charge in [-0.3, -0.25) is 4.90 Å². The quantitative estimate of drug-likeness (QED) is 0.432. The van der Waals surface area contributed by atoms with Gasteiger partial charge in [-0.25, -0.2) is 0 Å². The summed E-state index contributed by atoms with van der Waals surface area (Å²) >= 11 is 4.08. The van der Waals surface area contributed by atoms with Crippen molar-refractivity contribution in [3.8, 4) is 0 Å². The molecule has 0 aliphatic carbocycles. The fraction of sp³-hybridized carbons (Fsp3) is 1.00. The molecule has 0 amide bonds. The molecule has 0 aliphatic heterocycles. The van der Waals surface area contributed by atoms with Gasteiger partial charge in [-0.15, -0.1) is 0 Å². The molecule has 0 aromatic rings. The predicted molar refractivity (Wildman–Crippen MR) is 36.8 cm³/mol. The summed E-state index contributed by atoms with van der Waals surface area (Å²) in [5.41, 5.74) is 0. The van der Waals surface area contributed by atoms with Crippen LogP contribution >= 0.6 is 12.6 Å². The van der Waals surface area contributed by atoms with Crippen molar-refractivity contribution in [3.05, 3.63) is 0 Å². The van der Waals surface area contributed by atoms with Gasteiger partial charge in [-0.05, 0) is 20.0 Å². The first-order valence-corrected chi connectivity index (χ1v) is 3.24. The fourth-order valence-corrected chi connectivity index (χ4v) is 0.594. The molecule has 44 valence electrons. The van der Waals surface area contributed by atoms with Gasteiger partial charge in [-0.1, -0.05) is 6.92 Å². The van der Waals surface area contributed by atoms with E-state index in [9.17, 15) is 0 Å². The lowest BCUT2D eigenvalue weighted by molar-refractivity contribution is 0.394. The lowest BCUT2D eigenvalue weighted by Gasteiger charge is -2.09. The van der Waals surface area contributed by atoms with E-state index in [4.69, 9.17) is 0 Å². The second-order valence-electron chi connectivity index (χ2n) is 1.72. The zero-order valence-electron chi connectivity index (χ0n) is 5.02. The maximum atomic E-state index is 4.08. The Morgan fingerprint density at radius 2 is 2.14 bits per heavy atom. The molecule has 7 heavy (non-hydrogen) atoms. The average molecular weight is 119 g/mol. The van der Waals surface area contributed by atoms with E-state index in [-0.39, 0.29) is 0 Å². The first-order chi connectivity index (χ1) is 3.31. The van der Waals surface area contributed by atoms with Crippen LogP contribution in [0, 0.1) is 0 Å². The summed E-state index contributed by atoms with van der Waals surface area (Å²) < 4.78 is 0. The molecule has 0 radical (unpaired) electrons. The van der Waals surface area contributed by atoms with Crippen LogP contribution in [0.15, 0.2) is 0 Å². The van der Waals surface area contributed by atoms with Gasteiger partial charge in [0.2, 0.25) is 0 Å². The maximum absolute atomic E-state index is 4.08. The first-order valence-electron chi connectivity index (χ1n) is 2.60. The second kappa shape index (κ2) is 4.47. The van der Waals surface area contributed by atoms with Crippen LogP contribution in [-0.2, 0) is 0 Å². The van der Waals surface area contributed by atoms with Gasteiger partial charge in [0.15, 0.2) is 0 Å². The van der Waals surface area contributed by atoms with Gasteiger partial charge < -0.3 is 0 Å². The van der Waals surface area contributed by atoms with E-state index in [1.807, 2.05) is 0 Å². The summed E-state index contributed by atoms with van der Waals surface area (Å²) in [6.07, 6.45) is 1.22. The van der Waals surface area contributed by atoms with Crippen LogP contribution in [0.1, 0.15) is 13.3 Å². The molecule has 0 N–H and O–H groups in total. The summed E-state index contributed by atoms with van der Waals surface area (Å²) in [6, 6.07) is 0. The molecular weight excluding hydrogens is 106 g/mol. The smallest absolute Gasteiger partial charge is 0.0411 e. The molecule has 0 bridgehead atoms. The van der Waals surface area contributed by atoms with Crippen molar-refractivity contribution in [2.45, 2.75) is 13.3 Å². The zero-order valence-corrected chi connectivity index (χ0v) is 5.91. The average Bonchev–Trinajstić information content (AvgIpc) is 1.68. The van der Waals surface area contributed by atoms with E-state index in [0.29, 0.717) is 0 Å². The minimum Gasteiger partial charge on any atom is -0.297 e. The Labute approximate surface area is 51.1 Å². The third-order valence-corrected chi connectivity index (χ3v) is 1.33. The summed E-state index contributed by atoms with van der Waals surface area (Å²) in [5.74, 6) is 0.869. The molecule has 0 fully saturated rings. The first kappa shape index (κ1) is 7.31. The van der Waals surface area contributed by atoms with Crippen LogP contribution in [0.2, 0.25) is 0 Å². The lowest BCUT2D eigenvalue weighted by atomic mass is 10.5. The van der Waals surface area contributed by atoms with Gasteiger partial charge in [0.1, 0.15) is 0 Å². The molecule has 2 heteroatoms. The van der Waals surface area contributed by atoms with Gasteiger partial charge in [0.05, 0.1) is 0 Å². The van der Waals surface area contributed by atoms with Crippen LogP contribution in [0.4, 0.5) is 0 Å². The van der Waals surface area contributed by atoms with Crippen LogP contribution in [0.5, 0.6) is 0 Å². The monoisotopic (exact) mass is 119 g/mol. The van der Waals surface area contributed by atoms with Crippen molar-refractivity contribution >= 4 is 12.6 Å². The number of rotatable bonds is 3. The molecule has 0 atom stereocenters.